The van der Waals surface area contributed by atoms with Gasteiger partial charge in [0.1, 0.15) is 12.1 Å². The van der Waals surface area contributed by atoms with Crippen LogP contribution >= 0.6 is 0 Å². The molecule has 0 aliphatic heterocycles. The van der Waals surface area contributed by atoms with E-state index in [4.69, 9.17) is 5.73 Å². The van der Waals surface area contributed by atoms with Crippen LogP contribution in [0.1, 0.15) is 33.1 Å². The van der Waals surface area contributed by atoms with Gasteiger partial charge in [-0.05, 0) is 25.2 Å². The number of allylic oxidation sites excluding steroid dienone is 1. The van der Waals surface area contributed by atoms with Gasteiger partial charge in [-0.2, -0.15) is 0 Å². The van der Waals surface area contributed by atoms with Crippen LogP contribution in [0.25, 0.3) is 0 Å². The number of amides is 2. The summed E-state index contributed by atoms with van der Waals surface area (Å²) in [5.41, 5.74) is 5.16. The van der Waals surface area contributed by atoms with E-state index in [1.807, 2.05) is 13.8 Å². The molecule has 2 atom stereocenters. The van der Waals surface area contributed by atoms with Gasteiger partial charge >= 0.3 is 0 Å². The zero-order chi connectivity index (χ0) is 13.4. The molecule has 2 amide bonds. The van der Waals surface area contributed by atoms with Crippen molar-refractivity contribution < 1.29 is 14.7 Å². The molecule has 17 heavy (non-hydrogen) atoms. The number of aliphatic hydroxyl groups is 1. The third-order valence-electron chi connectivity index (χ3n) is 2.32. The number of primary amides is 1. The number of hydrogen-bond donors (Lipinski definition) is 3. The largest absolute Gasteiger partial charge is 0.383 e. The van der Waals surface area contributed by atoms with Crippen LogP contribution in [-0.2, 0) is 9.59 Å². The minimum absolute atomic E-state index is 0.205. The van der Waals surface area contributed by atoms with Gasteiger partial charge in [0, 0.05) is 0 Å². The van der Waals surface area contributed by atoms with Gasteiger partial charge in [0.2, 0.25) is 11.8 Å². The number of carbonyl (C=O) groups is 2. The van der Waals surface area contributed by atoms with Crippen LogP contribution in [0.4, 0.5) is 0 Å². The van der Waals surface area contributed by atoms with Gasteiger partial charge in [-0.15, -0.1) is 6.58 Å². The van der Waals surface area contributed by atoms with Crippen LogP contribution in [-0.4, -0.2) is 29.1 Å². The normalized spacial score (nSPS) is 14.1. The lowest BCUT2D eigenvalue weighted by Crippen LogP contribution is -2.48. The lowest BCUT2D eigenvalue weighted by atomic mass is 10.0. The van der Waals surface area contributed by atoms with Crippen LogP contribution in [0.2, 0.25) is 0 Å². The second kappa shape index (κ2) is 7.84. The number of carbonyl (C=O) groups excluding carboxylic acids is 2. The first-order valence-corrected chi connectivity index (χ1v) is 5.77. The summed E-state index contributed by atoms with van der Waals surface area (Å²) in [6, 6.07) is -0.748. The molecule has 0 heterocycles. The molecule has 0 unspecified atom stereocenters. The van der Waals surface area contributed by atoms with E-state index in [0.717, 1.165) is 0 Å². The molecule has 4 N–H and O–H groups in total. The minimum Gasteiger partial charge on any atom is -0.383 e. The summed E-state index contributed by atoms with van der Waals surface area (Å²) in [6.45, 7) is 7.34. The molecule has 0 aromatic rings. The number of hydrogen-bond acceptors (Lipinski definition) is 3. The highest BCUT2D eigenvalue weighted by Crippen LogP contribution is 2.05. The summed E-state index contributed by atoms with van der Waals surface area (Å²) >= 11 is 0. The van der Waals surface area contributed by atoms with Crippen LogP contribution in [0.3, 0.4) is 0 Å². The van der Waals surface area contributed by atoms with Gasteiger partial charge in [0.05, 0.1) is 0 Å². The third kappa shape index (κ3) is 6.73. The molecule has 5 nitrogen and oxygen atoms in total. The predicted octanol–water partition coefficient (Wildman–Crippen LogP) is 0.330. The van der Waals surface area contributed by atoms with Crippen LogP contribution in [0.15, 0.2) is 12.7 Å². The van der Waals surface area contributed by atoms with Gasteiger partial charge < -0.3 is 16.2 Å². The van der Waals surface area contributed by atoms with Crippen molar-refractivity contribution in [2.75, 3.05) is 0 Å². The Morgan fingerprint density at radius 2 is 2.06 bits per heavy atom. The van der Waals surface area contributed by atoms with Crippen LogP contribution in [0.5, 0.6) is 0 Å². The average Bonchev–Trinajstić information content (AvgIpc) is 2.22. The molecule has 98 valence electrons. The highest BCUT2D eigenvalue weighted by atomic mass is 16.3. The maximum absolute atomic E-state index is 11.6. The first kappa shape index (κ1) is 15.6. The van der Waals surface area contributed by atoms with E-state index in [1.165, 1.54) is 0 Å². The Kier molecular flexibility index (Phi) is 7.21. The zero-order valence-electron chi connectivity index (χ0n) is 10.5. The van der Waals surface area contributed by atoms with Crippen molar-refractivity contribution >= 4 is 11.8 Å². The standard InChI is InChI=1S/C12H22N2O3/c1-4-5-6-9(11(13)16)14-12(17)10(15)7-8(2)3/h4,8-10,15H,1,5-7H2,2-3H3,(H2,13,16)(H,14,17)/t9-,10+/m0/s1. The summed E-state index contributed by atoms with van der Waals surface area (Å²) < 4.78 is 0. The van der Waals surface area contributed by atoms with Gasteiger partial charge in [0.25, 0.3) is 0 Å². The average molecular weight is 242 g/mol. The van der Waals surface area contributed by atoms with Crippen molar-refractivity contribution in [3.05, 3.63) is 12.7 Å². The Hall–Kier alpha value is -1.36. The lowest BCUT2D eigenvalue weighted by molar-refractivity contribution is -0.133. The second-order valence-corrected chi connectivity index (χ2v) is 4.47. The van der Waals surface area contributed by atoms with E-state index in [1.54, 1.807) is 6.08 Å². The van der Waals surface area contributed by atoms with Crippen molar-refractivity contribution in [3.8, 4) is 0 Å². The topological polar surface area (TPSA) is 92.4 Å². The first-order valence-electron chi connectivity index (χ1n) is 5.77. The molecule has 0 aromatic carbocycles. The molecule has 0 saturated carbocycles. The molecule has 0 aromatic heterocycles. The fourth-order valence-electron chi connectivity index (χ4n) is 1.39. The Morgan fingerprint density at radius 1 is 1.47 bits per heavy atom. The Morgan fingerprint density at radius 3 is 2.47 bits per heavy atom. The molecule has 0 saturated heterocycles. The zero-order valence-corrected chi connectivity index (χ0v) is 10.5. The van der Waals surface area contributed by atoms with E-state index < -0.39 is 24.0 Å². The molecule has 0 bridgehead atoms. The van der Waals surface area contributed by atoms with Gasteiger partial charge in [-0.25, -0.2) is 0 Å². The number of aliphatic hydroxyl groups excluding tert-OH is 1. The monoisotopic (exact) mass is 242 g/mol. The summed E-state index contributed by atoms with van der Waals surface area (Å²) in [5, 5.41) is 12.0. The van der Waals surface area contributed by atoms with E-state index in [0.29, 0.717) is 19.3 Å². The quantitative estimate of drug-likeness (QED) is 0.535. The summed E-state index contributed by atoms with van der Waals surface area (Å²) in [7, 11) is 0. The van der Waals surface area contributed by atoms with E-state index in [-0.39, 0.29) is 5.92 Å². The number of nitrogens with one attached hydrogen (secondary N) is 1. The molecule has 5 heteroatoms. The predicted molar refractivity (Wildman–Crippen MR) is 66.0 cm³/mol. The van der Waals surface area contributed by atoms with E-state index in [2.05, 4.69) is 11.9 Å². The maximum Gasteiger partial charge on any atom is 0.249 e. The van der Waals surface area contributed by atoms with Gasteiger partial charge in [-0.1, -0.05) is 19.9 Å². The molecule has 0 rings (SSSR count). The molecule has 0 aliphatic rings. The maximum atomic E-state index is 11.6. The molecule has 0 aliphatic carbocycles. The Labute approximate surface area is 102 Å². The molecule has 0 radical (unpaired) electrons. The fraction of sp³-hybridized carbons (Fsp3) is 0.667. The van der Waals surface area contributed by atoms with Crippen molar-refractivity contribution in [3.63, 3.8) is 0 Å². The molecule has 0 fully saturated rings. The SMILES string of the molecule is C=CCC[C@H](NC(=O)[C@H](O)CC(C)C)C(N)=O. The highest BCUT2D eigenvalue weighted by molar-refractivity contribution is 5.88. The second-order valence-electron chi connectivity index (χ2n) is 4.47. The fourth-order valence-corrected chi connectivity index (χ4v) is 1.39. The molecule has 0 spiro atoms. The van der Waals surface area contributed by atoms with Crippen molar-refractivity contribution in [2.45, 2.75) is 45.3 Å². The highest BCUT2D eigenvalue weighted by Gasteiger charge is 2.22. The van der Waals surface area contributed by atoms with E-state index >= 15 is 0 Å². The molecular weight excluding hydrogens is 220 g/mol. The first-order chi connectivity index (χ1) is 7.88. The van der Waals surface area contributed by atoms with E-state index in [9.17, 15) is 14.7 Å². The minimum atomic E-state index is -1.10. The lowest BCUT2D eigenvalue weighted by Gasteiger charge is -2.18. The molecular formula is C12H22N2O3. The van der Waals surface area contributed by atoms with Crippen molar-refractivity contribution in [2.24, 2.45) is 11.7 Å². The summed E-state index contributed by atoms with van der Waals surface area (Å²) in [5.74, 6) is -0.945. The van der Waals surface area contributed by atoms with Crippen molar-refractivity contribution in [1.82, 2.24) is 5.32 Å². The third-order valence-corrected chi connectivity index (χ3v) is 2.32. The number of nitrogens with two attached hydrogens (primary N) is 1. The smallest absolute Gasteiger partial charge is 0.249 e. The van der Waals surface area contributed by atoms with Gasteiger partial charge in [0.15, 0.2) is 0 Å². The van der Waals surface area contributed by atoms with Crippen LogP contribution < -0.4 is 11.1 Å². The Balaban J connectivity index is 4.29. The number of rotatable bonds is 8. The van der Waals surface area contributed by atoms with Crippen LogP contribution in [0, 0.1) is 5.92 Å². The Bertz CT molecular complexity index is 277. The van der Waals surface area contributed by atoms with Crippen molar-refractivity contribution in [1.29, 1.82) is 0 Å². The van der Waals surface area contributed by atoms with Gasteiger partial charge in [-0.3, -0.25) is 9.59 Å². The summed E-state index contributed by atoms with van der Waals surface area (Å²) in [4.78, 5) is 22.6. The summed E-state index contributed by atoms with van der Waals surface area (Å²) in [6.07, 6.45) is 1.89.